The molecule has 0 bridgehead atoms. The van der Waals surface area contributed by atoms with Gasteiger partial charge in [0.1, 0.15) is 16.3 Å². The number of aromatic nitrogens is 2. The van der Waals surface area contributed by atoms with Crippen LogP contribution in [0.5, 0.6) is 5.75 Å². The highest BCUT2D eigenvalue weighted by Gasteiger charge is 2.22. The number of amides is 2. The van der Waals surface area contributed by atoms with Crippen LogP contribution in [0.15, 0.2) is 48.7 Å². The third-order valence-corrected chi connectivity index (χ3v) is 4.58. The molecule has 0 aliphatic carbocycles. The lowest BCUT2D eigenvalue weighted by Gasteiger charge is -2.10. The molecule has 0 radical (unpaired) electrons. The van der Waals surface area contributed by atoms with Crippen LogP contribution in [0.1, 0.15) is 22.2 Å². The fourth-order valence-electron chi connectivity index (χ4n) is 2.52. The zero-order valence-corrected chi connectivity index (χ0v) is 15.7. The van der Waals surface area contributed by atoms with Gasteiger partial charge in [0.25, 0.3) is 5.91 Å². The summed E-state index contributed by atoms with van der Waals surface area (Å²) in [6.45, 7) is 1.68. The van der Waals surface area contributed by atoms with Crippen LogP contribution in [0.4, 0.5) is 5.69 Å². The summed E-state index contributed by atoms with van der Waals surface area (Å²) < 4.78 is 9.62. The maximum absolute atomic E-state index is 12.7. The van der Waals surface area contributed by atoms with E-state index in [1.54, 1.807) is 25.4 Å². The number of anilines is 1. The first kappa shape index (κ1) is 18.5. The molecule has 138 valence electrons. The Bertz CT molecular complexity index is 957. The van der Waals surface area contributed by atoms with Gasteiger partial charge in [-0.3, -0.25) is 14.6 Å². The number of methoxy groups -OCH3 is 1. The molecule has 27 heavy (non-hydrogen) atoms. The van der Waals surface area contributed by atoms with Crippen molar-refractivity contribution >= 4 is 29.0 Å². The Hall–Kier alpha value is -3.26. The third kappa shape index (κ3) is 4.29. The number of hydrogen-bond acceptors (Lipinski definition) is 6. The second kappa shape index (κ2) is 8.41. The molecule has 3 rings (SSSR count). The van der Waals surface area contributed by atoms with Crippen molar-refractivity contribution < 1.29 is 14.3 Å². The van der Waals surface area contributed by atoms with E-state index in [4.69, 9.17) is 4.74 Å². The molecule has 7 nitrogen and oxygen atoms in total. The SMILES string of the molecule is COc1ccccc1CNC(=O)c1snc(-c2ccccn2)c1NC(C)=O. The predicted octanol–water partition coefficient (Wildman–Crippen LogP) is 3.10. The molecule has 0 unspecified atom stereocenters. The van der Waals surface area contributed by atoms with Crippen molar-refractivity contribution in [3.8, 4) is 17.1 Å². The van der Waals surface area contributed by atoms with Gasteiger partial charge in [0.05, 0.1) is 18.5 Å². The van der Waals surface area contributed by atoms with E-state index in [1.165, 1.54) is 6.92 Å². The molecule has 1 aromatic carbocycles. The van der Waals surface area contributed by atoms with Gasteiger partial charge in [-0.2, -0.15) is 4.37 Å². The van der Waals surface area contributed by atoms with Crippen LogP contribution in [0.3, 0.4) is 0 Å². The van der Waals surface area contributed by atoms with Gasteiger partial charge < -0.3 is 15.4 Å². The van der Waals surface area contributed by atoms with Crippen LogP contribution in [0, 0.1) is 0 Å². The maximum Gasteiger partial charge on any atom is 0.265 e. The standard InChI is InChI=1S/C19H18N4O3S/c1-12(24)22-17-16(14-8-5-6-10-20-14)23-27-18(17)19(25)21-11-13-7-3-4-9-15(13)26-2/h3-10H,11H2,1-2H3,(H,21,25)(H,22,24). The minimum Gasteiger partial charge on any atom is -0.496 e. The third-order valence-electron chi connectivity index (χ3n) is 3.74. The highest BCUT2D eigenvalue weighted by Crippen LogP contribution is 2.32. The van der Waals surface area contributed by atoms with E-state index in [1.807, 2.05) is 30.3 Å². The van der Waals surface area contributed by atoms with Gasteiger partial charge in [0.15, 0.2) is 0 Å². The van der Waals surface area contributed by atoms with E-state index in [9.17, 15) is 9.59 Å². The van der Waals surface area contributed by atoms with Crippen LogP contribution < -0.4 is 15.4 Å². The molecule has 0 saturated heterocycles. The summed E-state index contributed by atoms with van der Waals surface area (Å²) in [4.78, 5) is 28.9. The van der Waals surface area contributed by atoms with E-state index in [0.29, 0.717) is 34.2 Å². The Morgan fingerprint density at radius 1 is 1.15 bits per heavy atom. The monoisotopic (exact) mass is 382 g/mol. The van der Waals surface area contributed by atoms with Crippen LogP contribution in [0.25, 0.3) is 11.4 Å². The summed E-state index contributed by atoms with van der Waals surface area (Å²) in [5, 5.41) is 5.55. The molecule has 2 aromatic heterocycles. The fraction of sp³-hybridized carbons (Fsp3) is 0.158. The van der Waals surface area contributed by atoms with Crippen LogP contribution in [-0.4, -0.2) is 28.3 Å². The Labute approximate surface area is 160 Å². The van der Waals surface area contributed by atoms with Crippen molar-refractivity contribution in [1.82, 2.24) is 14.7 Å². The average Bonchev–Trinajstić information content (AvgIpc) is 3.10. The summed E-state index contributed by atoms with van der Waals surface area (Å²) in [6.07, 6.45) is 1.63. The molecule has 2 heterocycles. The maximum atomic E-state index is 12.7. The topological polar surface area (TPSA) is 93.2 Å². The Balaban J connectivity index is 1.86. The molecular weight excluding hydrogens is 364 g/mol. The summed E-state index contributed by atoms with van der Waals surface area (Å²) >= 11 is 1.02. The lowest BCUT2D eigenvalue weighted by atomic mass is 10.2. The second-order valence-electron chi connectivity index (χ2n) is 5.63. The van der Waals surface area contributed by atoms with Crippen molar-refractivity contribution in [3.05, 3.63) is 59.1 Å². The quantitative estimate of drug-likeness (QED) is 0.683. The normalized spacial score (nSPS) is 10.3. The minimum absolute atomic E-state index is 0.286. The van der Waals surface area contributed by atoms with E-state index < -0.39 is 0 Å². The molecule has 3 aromatic rings. The van der Waals surface area contributed by atoms with Gasteiger partial charge in [0.2, 0.25) is 5.91 Å². The first-order chi connectivity index (χ1) is 13.1. The summed E-state index contributed by atoms with van der Waals surface area (Å²) in [5.41, 5.74) is 2.27. The lowest BCUT2D eigenvalue weighted by molar-refractivity contribution is -0.114. The number of nitrogens with zero attached hydrogens (tertiary/aromatic N) is 2. The van der Waals surface area contributed by atoms with Crippen LogP contribution in [0.2, 0.25) is 0 Å². The largest absolute Gasteiger partial charge is 0.496 e. The molecule has 2 N–H and O–H groups in total. The van der Waals surface area contributed by atoms with Gasteiger partial charge in [-0.15, -0.1) is 0 Å². The number of rotatable bonds is 6. The number of pyridine rings is 1. The Morgan fingerprint density at radius 3 is 2.63 bits per heavy atom. The minimum atomic E-state index is -0.329. The molecule has 0 atom stereocenters. The van der Waals surface area contributed by atoms with E-state index in [-0.39, 0.29) is 11.8 Å². The number of para-hydroxylation sites is 1. The lowest BCUT2D eigenvalue weighted by Crippen LogP contribution is -2.23. The Morgan fingerprint density at radius 2 is 1.93 bits per heavy atom. The van der Waals surface area contributed by atoms with Gasteiger partial charge in [-0.05, 0) is 29.7 Å². The van der Waals surface area contributed by atoms with Crippen molar-refractivity contribution in [3.63, 3.8) is 0 Å². The summed E-state index contributed by atoms with van der Waals surface area (Å²) in [6, 6.07) is 12.8. The number of carbonyl (C=O) groups excluding carboxylic acids is 2. The van der Waals surface area contributed by atoms with Crippen molar-refractivity contribution in [2.24, 2.45) is 0 Å². The molecule has 8 heteroatoms. The molecule has 0 saturated carbocycles. The summed E-state index contributed by atoms with van der Waals surface area (Å²) in [7, 11) is 1.58. The smallest absolute Gasteiger partial charge is 0.265 e. The number of benzene rings is 1. The number of carbonyl (C=O) groups is 2. The van der Waals surface area contributed by atoms with Crippen molar-refractivity contribution in [2.45, 2.75) is 13.5 Å². The van der Waals surface area contributed by atoms with E-state index >= 15 is 0 Å². The highest BCUT2D eigenvalue weighted by molar-refractivity contribution is 7.09. The number of ether oxygens (including phenoxy) is 1. The zero-order chi connectivity index (χ0) is 19.2. The molecule has 0 spiro atoms. The average molecular weight is 382 g/mol. The fourth-order valence-corrected chi connectivity index (χ4v) is 3.28. The second-order valence-corrected chi connectivity index (χ2v) is 6.40. The molecule has 0 fully saturated rings. The first-order valence-electron chi connectivity index (χ1n) is 8.19. The van der Waals surface area contributed by atoms with Crippen molar-refractivity contribution in [2.75, 3.05) is 12.4 Å². The van der Waals surface area contributed by atoms with Gasteiger partial charge in [-0.25, -0.2) is 0 Å². The molecule has 0 aliphatic heterocycles. The van der Waals surface area contributed by atoms with Crippen molar-refractivity contribution in [1.29, 1.82) is 0 Å². The summed E-state index contributed by atoms with van der Waals surface area (Å²) in [5.74, 6) is 0.0776. The molecule has 0 aliphatic rings. The van der Waals surface area contributed by atoms with Crippen LogP contribution in [-0.2, 0) is 11.3 Å². The predicted molar refractivity (Wildman–Crippen MR) is 104 cm³/mol. The number of hydrogen-bond donors (Lipinski definition) is 2. The first-order valence-corrected chi connectivity index (χ1v) is 8.96. The highest BCUT2D eigenvalue weighted by atomic mass is 32.1. The van der Waals surface area contributed by atoms with E-state index in [2.05, 4.69) is 20.0 Å². The number of nitrogens with one attached hydrogen (secondary N) is 2. The van der Waals surface area contributed by atoms with E-state index in [0.717, 1.165) is 17.1 Å². The van der Waals surface area contributed by atoms with Gasteiger partial charge >= 0.3 is 0 Å². The van der Waals surface area contributed by atoms with Gasteiger partial charge in [0, 0.05) is 25.2 Å². The van der Waals surface area contributed by atoms with Gasteiger partial charge in [-0.1, -0.05) is 24.3 Å². The Kier molecular flexibility index (Phi) is 5.77. The van der Waals surface area contributed by atoms with Crippen LogP contribution >= 0.6 is 11.5 Å². The molecular formula is C19H18N4O3S. The zero-order valence-electron chi connectivity index (χ0n) is 14.9. The molecule has 2 amide bonds.